The fourth-order valence-electron chi connectivity index (χ4n) is 4.23. The molecule has 0 aromatic rings. The molecule has 4 unspecified atom stereocenters. The van der Waals surface area contributed by atoms with Gasteiger partial charge in [0, 0.05) is 12.4 Å². The SMILES string of the molecule is CCC1CCC(O)(C2CCOC3(CCSC3)C2)C1. The Bertz CT molecular complexity index is 301. The molecule has 3 fully saturated rings. The van der Waals surface area contributed by atoms with Gasteiger partial charge in [-0.2, -0.15) is 11.8 Å². The molecule has 104 valence electrons. The molecule has 1 saturated carbocycles. The Balaban J connectivity index is 1.68. The fourth-order valence-corrected chi connectivity index (χ4v) is 5.61. The van der Waals surface area contributed by atoms with E-state index in [4.69, 9.17) is 4.74 Å². The molecule has 1 N–H and O–H groups in total. The molecule has 0 aromatic heterocycles. The van der Waals surface area contributed by atoms with Gasteiger partial charge in [-0.25, -0.2) is 0 Å². The minimum absolute atomic E-state index is 0.119. The predicted molar refractivity (Wildman–Crippen MR) is 75.9 cm³/mol. The third-order valence-electron chi connectivity index (χ3n) is 5.53. The second kappa shape index (κ2) is 4.99. The first-order valence-corrected chi connectivity index (χ1v) is 8.75. The number of aliphatic hydroxyl groups is 1. The molecule has 0 bridgehead atoms. The zero-order valence-corrected chi connectivity index (χ0v) is 12.3. The highest BCUT2D eigenvalue weighted by Crippen LogP contribution is 2.49. The van der Waals surface area contributed by atoms with E-state index in [9.17, 15) is 5.11 Å². The van der Waals surface area contributed by atoms with Crippen LogP contribution in [0.15, 0.2) is 0 Å². The summed E-state index contributed by atoms with van der Waals surface area (Å²) < 4.78 is 6.08. The lowest BCUT2D eigenvalue weighted by Crippen LogP contribution is -2.47. The summed E-state index contributed by atoms with van der Waals surface area (Å²) in [6, 6.07) is 0. The largest absolute Gasteiger partial charge is 0.390 e. The van der Waals surface area contributed by atoms with E-state index < -0.39 is 0 Å². The van der Waals surface area contributed by atoms with Crippen LogP contribution in [0.5, 0.6) is 0 Å². The van der Waals surface area contributed by atoms with Crippen molar-refractivity contribution in [2.45, 2.75) is 63.1 Å². The minimum atomic E-state index is -0.370. The summed E-state index contributed by atoms with van der Waals surface area (Å²) in [6.07, 6.45) is 7.89. The van der Waals surface area contributed by atoms with Gasteiger partial charge in [-0.3, -0.25) is 0 Å². The molecule has 2 nitrogen and oxygen atoms in total. The lowest BCUT2D eigenvalue weighted by atomic mass is 9.74. The molecule has 0 radical (unpaired) electrons. The van der Waals surface area contributed by atoms with Crippen molar-refractivity contribution in [3.05, 3.63) is 0 Å². The van der Waals surface area contributed by atoms with Gasteiger partial charge in [-0.05, 0) is 56.1 Å². The zero-order chi connectivity index (χ0) is 12.6. The Kier molecular flexibility index (Phi) is 3.68. The number of ether oxygens (including phenoxy) is 1. The van der Waals surface area contributed by atoms with Crippen LogP contribution in [0.2, 0.25) is 0 Å². The maximum absolute atomic E-state index is 11.0. The van der Waals surface area contributed by atoms with E-state index in [0.717, 1.165) is 44.0 Å². The second-order valence-corrected chi connectivity index (χ2v) is 7.75. The highest BCUT2D eigenvalue weighted by Gasteiger charge is 2.49. The Morgan fingerprint density at radius 1 is 1.28 bits per heavy atom. The first-order chi connectivity index (χ1) is 8.66. The number of hydrogen-bond acceptors (Lipinski definition) is 3. The Hall–Kier alpha value is 0.270. The maximum Gasteiger partial charge on any atom is 0.0784 e. The molecule has 0 aromatic carbocycles. The van der Waals surface area contributed by atoms with E-state index in [2.05, 4.69) is 6.92 Å². The maximum atomic E-state index is 11.0. The normalized spacial score (nSPS) is 49.0. The molecular formula is C15H26O2S. The van der Waals surface area contributed by atoms with Gasteiger partial charge in [-0.1, -0.05) is 13.3 Å². The van der Waals surface area contributed by atoms with Gasteiger partial charge < -0.3 is 9.84 Å². The van der Waals surface area contributed by atoms with E-state index in [1.807, 2.05) is 11.8 Å². The van der Waals surface area contributed by atoms with Crippen LogP contribution >= 0.6 is 11.8 Å². The fraction of sp³-hybridized carbons (Fsp3) is 1.00. The van der Waals surface area contributed by atoms with Gasteiger partial charge in [0.2, 0.25) is 0 Å². The van der Waals surface area contributed by atoms with Crippen LogP contribution in [-0.2, 0) is 4.74 Å². The van der Waals surface area contributed by atoms with E-state index in [-0.39, 0.29) is 11.2 Å². The molecular weight excluding hydrogens is 244 g/mol. The summed E-state index contributed by atoms with van der Waals surface area (Å²) in [5.41, 5.74) is -0.252. The third kappa shape index (κ3) is 2.34. The molecule has 2 saturated heterocycles. The first-order valence-electron chi connectivity index (χ1n) is 7.60. The van der Waals surface area contributed by atoms with Crippen molar-refractivity contribution >= 4 is 11.8 Å². The minimum Gasteiger partial charge on any atom is -0.390 e. The van der Waals surface area contributed by atoms with E-state index in [1.54, 1.807) is 0 Å². The molecule has 4 atom stereocenters. The van der Waals surface area contributed by atoms with Crippen molar-refractivity contribution < 1.29 is 9.84 Å². The first kappa shape index (κ1) is 13.3. The monoisotopic (exact) mass is 270 g/mol. The predicted octanol–water partition coefficient (Wildman–Crippen LogP) is 3.23. The molecule has 0 amide bonds. The molecule has 1 spiro atoms. The van der Waals surface area contributed by atoms with Crippen LogP contribution < -0.4 is 0 Å². The number of rotatable bonds is 2. The van der Waals surface area contributed by atoms with E-state index >= 15 is 0 Å². The average Bonchev–Trinajstić information content (AvgIpc) is 2.98. The summed E-state index contributed by atoms with van der Waals surface area (Å²) in [5, 5.41) is 11.0. The van der Waals surface area contributed by atoms with Crippen LogP contribution in [0.1, 0.15) is 51.9 Å². The van der Waals surface area contributed by atoms with Gasteiger partial charge in [0.25, 0.3) is 0 Å². The standard InChI is InChI=1S/C15H26O2S/c1-2-12-3-5-15(16,9-12)13-4-7-17-14(10-13)6-8-18-11-14/h12-13,16H,2-11H2,1H3. The summed E-state index contributed by atoms with van der Waals surface area (Å²) in [6.45, 7) is 3.12. The average molecular weight is 270 g/mol. The van der Waals surface area contributed by atoms with Gasteiger partial charge in [0.1, 0.15) is 0 Å². The van der Waals surface area contributed by atoms with Crippen LogP contribution in [0.3, 0.4) is 0 Å². The topological polar surface area (TPSA) is 29.5 Å². The Morgan fingerprint density at radius 3 is 2.83 bits per heavy atom. The molecule has 1 aliphatic carbocycles. The summed E-state index contributed by atoms with van der Waals surface area (Å²) in [4.78, 5) is 0. The zero-order valence-electron chi connectivity index (χ0n) is 11.5. The van der Waals surface area contributed by atoms with Crippen molar-refractivity contribution in [2.75, 3.05) is 18.1 Å². The number of hydrogen-bond donors (Lipinski definition) is 1. The summed E-state index contributed by atoms with van der Waals surface area (Å²) >= 11 is 2.02. The summed E-state index contributed by atoms with van der Waals surface area (Å²) in [7, 11) is 0. The Morgan fingerprint density at radius 2 is 2.17 bits per heavy atom. The lowest BCUT2D eigenvalue weighted by Gasteiger charge is -2.43. The van der Waals surface area contributed by atoms with Crippen LogP contribution in [0, 0.1) is 11.8 Å². The quantitative estimate of drug-likeness (QED) is 0.835. The molecule has 3 heteroatoms. The van der Waals surface area contributed by atoms with E-state index in [1.165, 1.54) is 25.0 Å². The van der Waals surface area contributed by atoms with Crippen molar-refractivity contribution in [2.24, 2.45) is 11.8 Å². The van der Waals surface area contributed by atoms with Crippen LogP contribution in [-0.4, -0.2) is 34.4 Å². The van der Waals surface area contributed by atoms with Gasteiger partial charge in [-0.15, -0.1) is 0 Å². The molecule has 2 heterocycles. The molecule has 3 rings (SSSR count). The Labute approximate surface area is 115 Å². The van der Waals surface area contributed by atoms with Crippen molar-refractivity contribution in [1.29, 1.82) is 0 Å². The van der Waals surface area contributed by atoms with Crippen molar-refractivity contribution in [3.63, 3.8) is 0 Å². The van der Waals surface area contributed by atoms with Gasteiger partial charge in [0.05, 0.1) is 11.2 Å². The van der Waals surface area contributed by atoms with Crippen LogP contribution in [0.25, 0.3) is 0 Å². The third-order valence-corrected chi connectivity index (χ3v) is 6.75. The second-order valence-electron chi connectivity index (χ2n) is 6.64. The highest BCUT2D eigenvalue weighted by molar-refractivity contribution is 7.99. The van der Waals surface area contributed by atoms with Crippen LogP contribution in [0.4, 0.5) is 0 Å². The lowest BCUT2D eigenvalue weighted by molar-refractivity contribution is -0.131. The molecule has 2 aliphatic heterocycles. The van der Waals surface area contributed by atoms with Crippen molar-refractivity contribution in [1.82, 2.24) is 0 Å². The molecule has 3 aliphatic rings. The van der Waals surface area contributed by atoms with Crippen molar-refractivity contribution in [3.8, 4) is 0 Å². The smallest absolute Gasteiger partial charge is 0.0784 e. The summed E-state index contributed by atoms with van der Waals surface area (Å²) in [5.74, 6) is 3.63. The number of thioether (sulfide) groups is 1. The van der Waals surface area contributed by atoms with E-state index in [0.29, 0.717) is 5.92 Å². The van der Waals surface area contributed by atoms with Gasteiger partial charge in [0.15, 0.2) is 0 Å². The van der Waals surface area contributed by atoms with Gasteiger partial charge >= 0.3 is 0 Å². The highest BCUT2D eigenvalue weighted by atomic mass is 32.2. The molecule has 18 heavy (non-hydrogen) atoms.